The van der Waals surface area contributed by atoms with E-state index in [0.717, 1.165) is 12.6 Å². The van der Waals surface area contributed by atoms with E-state index in [1.165, 1.54) is 35.0 Å². The van der Waals surface area contributed by atoms with Crippen molar-refractivity contribution in [2.24, 2.45) is 5.73 Å². The molecule has 0 bridgehead atoms. The molecule has 0 spiro atoms. The largest absolute Gasteiger partial charge is 0.368 e. The second kappa shape index (κ2) is 5.19. The Balaban J connectivity index is 2.22. The molecule has 1 aliphatic rings. The first-order chi connectivity index (χ1) is 7.76. The first-order valence-corrected chi connectivity index (χ1v) is 6.80. The van der Waals surface area contributed by atoms with Crippen molar-refractivity contribution in [1.82, 2.24) is 0 Å². The summed E-state index contributed by atoms with van der Waals surface area (Å²) in [6.07, 6.45) is 3.87. The number of halogens is 1. The second-order valence-corrected chi connectivity index (χ2v) is 5.27. The average Bonchev–Trinajstić information content (AvgIpc) is 3.10. The lowest BCUT2D eigenvalue weighted by Gasteiger charge is -2.25. The van der Waals surface area contributed by atoms with Crippen LogP contribution in [-0.4, -0.2) is 12.6 Å². The Morgan fingerprint density at radius 2 is 2.19 bits per heavy atom. The fourth-order valence-corrected chi connectivity index (χ4v) is 2.69. The van der Waals surface area contributed by atoms with Gasteiger partial charge in [0.15, 0.2) is 0 Å². The van der Waals surface area contributed by atoms with Gasteiger partial charge < -0.3 is 10.6 Å². The molecule has 2 rings (SSSR count). The van der Waals surface area contributed by atoms with Crippen molar-refractivity contribution < 1.29 is 0 Å². The highest BCUT2D eigenvalue weighted by Crippen LogP contribution is 2.36. The van der Waals surface area contributed by atoms with E-state index in [4.69, 9.17) is 5.73 Å². The van der Waals surface area contributed by atoms with Crippen molar-refractivity contribution >= 4 is 21.6 Å². The van der Waals surface area contributed by atoms with Gasteiger partial charge in [-0.2, -0.15) is 0 Å². The highest BCUT2D eigenvalue weighted by Gasteiger charge is 2.29. The van der Waals surface area contributed by atoms with Crippen molar-refractivity contribution in [3.8, 4) is 0 Å². The molecule has 3 heteroatoms. The molecule has 0 radical (unpaired) electrons. The Hall–Kier alpha value is -0.540. The molecule has 0 aliphatic heterocycles. The van der Waals surface area contributed by atoms with E-state index in [1.807, 2.05) is 0 Å². The van der Waals surface area contributed by atoms with Gasteiger partial charge in [-0.3, -0.25) is 0 Å². The van der Waals surface area contributed by atoms with Crippen LogP contribution in [0.5, 0.6) is 0 Å². The van der Waals surface area contributed by atoms with Gasteiger partial charge in [0.2, 0.25) is 0 Å². The molecule has 0 atom stereocenters. The minimum atomic E-state index is 0.607. The van der Waals surface area contributed by atoms with Gasteiger partial charge in [-0.25, -0.2) is 0 Å². The van der Waals surface area contributed by atoms with Crippen molar-refractivity contribution in [3.05, 3.63) is 28.2 Å². The Labute approximate surface area is 106 Å². The minimum absolute atomic E-state index is 0.607. The normalized spacial score (nSPS) is 15.2. The van der Waals surface area contributed by atoms with Gasteiger partial charge in [-0.15, -0.1) is 0 Å². The number of benzene rings is 1. The zero-order chi connectivity index (χ0) is 11.5. The summed E-state index contributed by atoms with van der Waals surface area (Å²) in [4.78, 5) is 2.52. The van der Waals surface area contributed by atoms with Gasteiger partial charge in [0, 0.05) is 23.6 Å². The maximum absolute atomic E-state index is 5.64. The lowest BCUT2D eigenvalue weighted by Crippen LogP contribution is -2.26. The van der Waals surface area contributed by atoms with Crippen LogP contribution in [0.15, 0.2) is 22.7 Å². The van der Waals surface area contributed by atoms with Crippen LogP contribution in [0.4, 0.5) is 5.69 Å². The molecule has 88 valence electrons. The number of nitrogens with two attached hydrogens (primary N) is 1. The summed E-state index contributed by atoms with van der Waals surface area (Å²) in [6, 6.07) is 7.23. The quantitative estimate of drug-likeness (QED) is 0.898. The summed E-state index contributed by atoms with van der Waals surface area (Å²) in [7, 11) is 0. The van der Waals surface area contributed by atoms with Crippen molar-refractivity contribution in [2.45, 2.75) is 38.8 Å². The van der Waals surface area contributed by atoms with Gasteiger partial charge in [0.25, 0.3) is 0 Å². The van der Waals surface area contributed by atoms with E-state index in [1.54, 1.807) is 0 Å². The summed E-state index contributed by atoms with van der Waals surface area (Å²) >= 11 is 3.66. The van der Waals surface area contributed by atoms with Crippen LogP contribution < -0.4 is 10.6 Å². The third-order valence-electron chi connectivity index (χ3n) is 3.01. The Kier molecular flexibility index (Phi) is 3.87. The van der Waals surface area contributed by atoms with E-state index >= 15 is 0 Å². The fourth-order valence-electron chi connectivity index (χ4n) is 2.04. The molecule has 1 fully saturated rings. The molecule has 0 unspecified atom stereocenters. The van der Waals surface area contributed by atoms with Crippen LogP contribution in [0.1, 0.15) is 31.7 Å². The van der Waals surface area contributed by atoms with E-state index in [9.17, 15) is 0 Å². The third-order valence-corrected chi connectivity index (χ3v) is 3.64. The number of hydrogen-bond donors (Lipinski definition) is 1. The van der Waals surface area contributed by atoms with E-state index < -0.39 is 0 Å². The predicted octanol–water partition coefficient (Wildman–Crippen LogP) is 3.29. The summed E-state index contributed by atoms with van der Waals surface area (Å²) in [5, 5.41) is 0. The monoisotopic (exact) mass is 282 g/mol. The third kappa shape index (κ3) is 2.58. The second-order valence-electron chi connectivity index (χ2n) is 4.41. The van der Waals surface area contributed by atoms with Gasteiger partial charge >= 0.3 is 0 Å². The maximum atomic E-state index is 5.64. The molecule has 2 N–H and O–H groups in total. The predicted molar refractivity (Wildman–Crippen MR) is 72.7 cm³/mol. The van der Waals surface area contributed by atoms with Crippen molar-refractivity contribution in [1.29, 1.82) is 0 Å². The molecule has 0 heterocycles. The fraction of sp³-hybridized carbons (Fsp3) is 0.538. The molecular formula is C13H19BrN2. The molecule has 1 aliphatic carbocycles. The first-order valence-electron chi connectivity index (χ1n) is 6.01. The van der Waals surface area contributed by atoms with Crippen LogP contribution in [0.3, 0.4) is 0 Å². The summed E-state index contributed by atoms with van der Waals surface area (Å²) in [6.45, 7) is 3.98. The number of nitrogens with zero attached hydrogens (tertiary/aromatic N) is 1. The molecule has 1 saturated carbocycles. The molecular weight excluding hydrogens is 264 g/mol. The van der Waals surface area contributed by atoms with Gasteiger partial charge in [-0.1, -0.05) is 13.0 Å². The number of rotatable bonds is 5. The van der Waals surface area contributed by atoms with Gasteiger partial charge in [-0.05, 0) is 52.9 Å². The maximum Gasteiger partial charge on any atom is 0.0513 e. The smallest absolute Gasteiger partial charge is 0.0513 e. The zero-order valence-corrected chi connectivity index (χ0v) is 11.3. The van der Waals surface area contributed by atoms with Crippen LogP contribution in [0.2, 0.25) is 0 Å². The summed E-state index contributed by atoms with van der Waals surface area (Å²) in [5.74, 6) is 0. The average molecular weight is 283 g/mol. The van der Waals surface area contributed by atoms with Gasteiger partial charge in [0.1, 0.15) is 0 Å². The lowest BCUT2D eigenvalue weighted by molar-refractivity contribution is 0.761. The molecule has 0 saturated heterocycles. The first kappa shape index (κ1) is 11.9. The molecule has 0 aromatic heterocycles. The van der Waals surface area contributed by atoms with Gasteiger partial charge in [0.05, 0.1) is 5.69 Å². The Bertz CT molecular complexity index is 361. The Morgan fingerprint density at radius 3 is 2.69 bits per heavy atom. The SMILES string of the molecule is CCCN(c1ccc(CN)cc1Br)C1CC1. The topological polar surface area (TPSA) is 29.3 Å². The van der Waals surface area contributed by atoms with Crippen molar-refractivity contribution in [3.63, 3.8) is 0 Å². The Morgan fingerprint density at radius 1 is 1.44 bits per heavy atom. The minimum Gasteiger partial charge on any atom is -0.368 e. The van der Waals surface area contributed by atoms with Crippen LogP contribution in [0, 0.1) is 0 Å². The lowest BCUT2D eigenvalue weighted by atomic mass is 10.2. The van der Waals surface area contributed by atoms with E-state index in [2.05, 4.69) is 46.0 Å². The molecule has 0 amide bonds. The standard InChI is InChI=1S/C13H19BrN2/c1-2-7-16(11-4-5-11)13-6-3-10(9-15)8-12(13)14/h3,6,8,11H,2,4-5,7,9,15H2,1H3. The van der Waals surface area contributed by atoms with Crippen LogP contribution in [0.25, 0.3) is 0 Å². The number of hydrogen-bond acceptors (Lipinski definition) is 2. The van der Waals surface area contributed by atoms with E-state index in [-0.39, 0.29) is 0 Å². The van der Waals surface area contributed by atoms with Crippen LogP contribution in [-0.2, 0) is 6.54 Å². The summed E-state index contributed by atoms with van der Waals surface area (Å²) < 4.78 is 1.18. The summed E-state index contributed by atoms with van der Waals surface area (Å²) in [5.41, 5.74) is 8.15. The van der Waals surface area contributed by atoms with E-state index in [0.29, 0.717) is 6.54 Å². The van der Waals surface area contributed by atoms with Crippen LogP contribution >= 0.6 is 15.9 Å². The molecule has 1 aromatic rings. The highest BCUT2D eigenvalue weighted by molar-refractivity contribution is 9.10. The highest BCUT2D eigenvalue weighted by atomic mass is 79.9. The van der Waals surface area contributed by atoms with Crippen molar-refractivity contribution in [2.75, 3.05) is 11.4 Å². The zero-order valence-electron chi connectivity index (χ0n) is 9.75. The molecule has 1 aromatic carbocycles. The molecule has 16 heavy (non-hydrogen) atoms. The molecule has 2 nitrogen and oxygen atoms in total. The number of anilines is 1.